The standard InChI is InChI=1S/C18H32O3/c1-2-3-11-14-17(19)15-12-9-7-5-4-6-8-10-13-16-18(20)21/h7,9,12,15,17,19H,2-6,8,10-11,13-14,16H2,1H3,(H,20,21)/b9-7-,15-12-/t17-/m0/s1. The highest BCUT2D eigenvalue weighted by molar-refractivity contribution is 5.66. The van der Waals surface area contributed by atoms with Gasteiger partial charge in [-0.05, 0) is 25.7 Å². The largest absolute Gasteiger partial charge is 0.481 e. The minimum atomic E-state index is -0.693. The van der Waals surface area contributed by atoms with Gasteiger partial charge in [0.05, 0.1) is 6.10 Å². The number of carboxylic acid groups (broad SMARTS) is 1. The number of carboxylic acids is 1. The summed E-state index contributed by atoms with van der Waals surface area (Å²) < 4.78 is 0. The van der Waals surface area contributed by atoms with E-state index in [1.54, 1.807) is 0 Å². The summed E-state index contributed by atoms with van der Waals surface area (Å²) in [5.41, 5.74) is 0. The molecule has 1 atom stereocenters. The molecule has 0 aliphatic carbocycles. The van der Waals surface area contributed by atoms with Crippen molar-refractivity contribution in [1.82, 2.24) is 0 Å². The Morgan fingerprint density at radius 3 is 2.43 bits per heavy atom. The number of hydrogen-bond acceptors (Lipinski definition) is 2. The Morgan fingerprint density at radius 1 is 1.00 bits per heavy atom. The average molecular weight is 296 g/mol. The van der Waals surface area contributed by atoms with Crippen molar-refractivity contribution < 1.29 is 15.0 Å². The second-order valence-corrected chi connectivity index (χ2v) is 5.58. The summed E-state index contributed by atoms with van der Waals surface area (Å²) in [5.74, 6) is -0.693. The fraction of sp³-hybridized carbons (Fsp3) is 0.722. The second kappa shape index (κ2) is 15.3. The molecule has 0 amide bonds. The maximum Gasteiger partial charge on any atom is 0.303 e. The predicted octanol–water partition coefficient (Wildman–Crippen LogP) is 4.86. The van der Waals surface area contributed by atoms with Gasteiger partial charge < -0.3 is 10.2 Å². The van der Waals surface area contributed by atoms with Crippen molar-refractivity contribution in [3.63, 3.8) is 0 Å². The van der Waals surface area contributed by atoms with Gasteiger partial charge in [0, 0.05) is 6.42 Å². The Balaban J connectivity index is 3.37. The topological polar surface area (TPSA) is 57.5 Å². The highest BCUT2D eigenvalue weighted by atomic mass is 16.4. The maximum atomic E-state index is 10.3. The van der Waals surface area contributed by atoms with E-state index in [1.165, 1.54) is 12.8 Å². The van der Waals surface area contributed by atoms with Gasteiger partial charge in [-0.3, -0.25) is 4.79 Å². The van der Waals surface area contributed by atoms with Crippen LogP contribution in [0.5, 0.6) is 0 Å². The van der Waals surface area contributed by atoms with Gasteiger partial charge in [0.15, 0.2) is 0 Å². The van der Waals surface area contributed by atoms with Crippen molar-refractivity contribution in [2.24, 2.45) is 0 Å². The molecule has 21 heavy (non-hydrogen) atoms. The Morgan fingerprint density at radius 2 is 1.71 bits per heavy atom. The number of allylic oxidation sites excluding steroid dienone is 3. The van der Waals surface area contributed by atoms with Crippen molar-refractivity contribution in [3.05, 3.63) is 24.3 Å². The lowest BCUT2D eigenvalue weighted by molar-refractivity contribution is -0.137. The molecule has 0 aromatic rings. The van der Waals surface area contributed by atoms with Crippen molar-refractivity contribution >= 4 is 5.97 Å². The van der Waals surface area contributed by atoms with Crippen LogP contribution in [0.2, 0.25) is 0 Å². The third kappa shape index (κ3) is 16.9. The number of aliphatic carboxylic acids is 1. The highest BCUT2D eigenvalue weighted by Crippen LogP contribution is 2.08. The second-order valence-electron chi connectivity index (χ2n) is 5.58. The van der Waals surface area contributed by atoms with Crippen molar-refractivity contribution in [1.29, 1.82) is 0 Å². The molecule has 3 heteroatoms. The quantitative estimate of drug-likeness (QED) is 0.355. The van der Waals surface area contributed by atoms with Crippen molar-refractivity contribution in [2.45, 2.75) is 83.7 Å². The number of unbranched alkanes of at least 4 members (excludes halogenated alkanes) is 7. The van der Waals surface area contributed by atoms with E-state index in [9.17, 15) is 9.90 Å². The van der Waals surface area contributed by atoms with E-state index in [2.05, 4.69) is 13.0 Å². The molecular formula is C18H32O3. The number of carbonyl (C=O) groups is 1. The van der Waals surface area contributed by atoms with E-state index in [1.807, 2.05) is 18.2 Å². The van der Waals surface area contributed by atoms with Gasteiger partial charge in [-0.25, -0.2) is 0 Å². The van der Waals surface area contributed by atoms with Crippen LogP contribution in [-0.4, -0.2) is 22.3 Å². The van der Waals surface area contributed by atoms with Gasteiger partial charge in [0.25, 0.3) is 0 Å². The molecular weight excluding hydrogens is 264 g/mol. The monoisotopic (exact) mass is 296 g/mol. The third-order valence-corrected chi connectivity index (χ3v) is 3.45. The van der Waals surface area contributed by atoms with Crippen LogP contribution in [0.15, 0.2) is 24.3 Å². The molecule has 0 aliphatic heterocycles. The summed E-state index contributed by atoms with van der Waals surface area (Å²) in [6, 6.07) is 0. The van der Waals surface area contributed by atoms with Gasteiger partial charge in [-0.15, -0.1) is 0 Å². The average Bonchev–Trinajstić information content (AvgIpc) is 2.44. The molecule has 0 rings (SSSR count). The summed E-state index contributed by atoms with van der Waals surface area (Å²) in [4.78, 5) is 10.3. The fourth-order valence-corrected chi connectivity index (χ4v) is 2.14. The smallest absolute Gasteiger partial charge is 0.303 e. The summed E-state index contributed by atoms with van der Waals surface area (Å²) in [5, 5.41) is 18.2. The molecule has 0 bridgehead atoms. The molecule has 2 N–H and O–H groups in total. The summed E-state index contributed by atoms with van der Waals surface area (Å²) in [7, 11) is 0. The first-order valence-corrected chi connectivity index (χ1v) is 8.40. The molecule has 0 saturated heterocycles. The van der Waals surface area contributed by atoms with Crippen molar-refractivity contribution in [3.8, 4) is 0 Å². The van der Waals surface area contributed by atoms with Crippen LogP contribution >= 0.6 is 0 Å². The molecule has 0 heterocycles. The summed E-state index contributed by atoms with van der Waals surface area (Å²) in [6.07, 6.45) is 18.5. The molecule has 0 radical (unpaired) electrons. The van der Waals surface area contributed by atoms with Crippen LogP contribution in [0.4, 0.5) is 0 Å². The lowest BCUT2D eigenvalue weighted by Crippen LogP contribution is -2.00. The molecule has 122 valence electrons. The van der Waals surface area contributed by atoms with Gasteiger partial charge in [0.2, 0.25) is 0 Å². The van der Waals surface area contributed by atoms with Gasteiger partial charge >= 0.3 is 5.97 Å². The molecule has 0 fully saturated rings. The number of aliphatic hydroxyl groups is 1. The zero-order valence-corrected chi connectivity index (χ0v) is 13.5. The first-order valence-electron chi connectivity index (χ1n) is 8.40. The zero-order chi connectivity index (χ0) is 15.8. The fourth-order valence-electron chi connectivity index (χ4n) is 2.14. The first-order chi connectivity index (χ1) is 10.2. The van der Waals surface area contributed by atoms with E-state index in [0.29, 0.717) is 6.42 Å². The van der Waals surface area contributed by atoms with E-state index in [-0.39, 0.29) is 6.10 Å². The molecule has 0 saturated carbocycles. The van der Waals surface area contributed by atoms with Gasteiger partial charge in [-0.1, -0.05) is 69.8 Å². The highest BCUT2D eigenvalue weighted by Gasteiger charge is 1.97. The molecule has 0 aromatic heterocycles. The summed E-state index contributed by atoms with van der Waals surface area (Å²) >= 11 is 0. The molecule has 0 unspecified atom stereocenters. The molecule has 0 aliphatic rings. The van der Waals surface area contributed by atoms with Crippen LogP contribution in [0, 0.1) is 0 Å². The number of aliphatic hydroxyl groups excluding tert-OH is 1. The van der Waals surface area contributed by atoms with E-state index in [0.717, 1.165) is 51.4 Å². The van der Waals surface area contributed by atoms with Crippen LogP contribution in [-0.2, 0) is 4.79 Å². The lowest BCUT2D eigenvalue weighted by Gasteiger charge is -2.03. The predicted molar refractivity (Wildman–Crippen MR) is 88.4 cm³/mol. The Labute approximate surface area is 129 Å². The minimum absolute atomic E-state index is 0.297. The molecule has 0 spiro atoms. The van der Waals surface area contributed by atoms with E-state index < -0.39 is 5.97 Å². The van der Waals surface area contributed by atoms with Crippen LogP contribution in [0.3, 0.4) is 0 Å². The summed E-state index contributed by atoms with van der Waals surface area (Å²) in [6.45, 7) is 2.16. The van der Waals surface area contributed by atoms with Crippen LogP contribution in [0.1, 0.15) is 77.6 Å². The Hall–Kier alpha value is -1.09. The van der Waals surface area contributed by atoms with Crippen LogP contribution in [0.25, 0.3) is 0 Å². The number of hydrogen-bond donors (Lipinski definition) is 2. The molecule has 3 nitrogen and oxygen atoms in total. The maximum absolute atomic E-state index is 10.3. The van der Waals surface area contributed by atoms with E-state index >= 15 is 0 Å². The van der Waals surface area contributed by atoms with Gasteiger partial charge in [0.1, 0.15) is 0 Å². The Bertz CT molecular complexity index is 295. The third-order valence-electron chi connectivity index (χ3n) is 3.45. The Kier molecular flexibility index (Phi) is 14.5. The van der Waals surface area contributed by atoms with Crippen molar-refractivity contribution in [2.75, 3.05) is 0 Å². The first kappa shape index (κ1) is 19.9. The number of rotatable bonds is 14. The SMILES string of the molecule is CCCCC[C@H](O)/C=C\C=C/CCCCCCCC(=O)O. The van der Waals surface area contributed by atoms with E-state index in [4.69, 9.17) is 5.11 Å². The minimum Gasteiger partial charge on any atom is -0.481 e. The zero-order valence-electron chi connectivity index (χ0n) is 13.5. The normalized spacial score (nSPS) is 13.2. The van der Waals surface area contributed by atoms with Gasteiger partial charge in [-0.2, -0.15) is 0 Å². The van der Waals surface area contributed by atoms with Crippen LogP contribution < -0.4 is 0 Å². The molecule has 0 aromatic carbocycles. The lowest BCUT2D eigenvalue weighted by atomic mass is 10.1.